The maximum Gasteiger partial charge on any atom is 0.242 e. The summed E-state index contributed by atoms with van der Waals surface area (Å²) in [6, 6.07) is 0. The third kappa shape index (κ3) is 2.97. The molecule has 1 heterocycles. The highest BCUT2D eigenvalue weighted by Gasteiger charge is 2.34. The van der Waals surface area contributed by atoms with E-state index in [1.807, 2.05) is 18.7 Å². The molecule has 1 fully saturated rings. The molecule has 0 radical (unpaired) electrons. The van der Waals surface area contributed by atoms with Crippen LogP contribution in [0.4, 0.5) is 0 Å². The van der Waals surface area contributed by atoms with Crippen molar-refractivity contribution in [1.82, 2.24) is 4.90 Å². The third-order valence-corrected chi connectivity index (χ3v) is 3.99. The molecule has 0 spiro atoms. The van der Waals surface area contributed by atoms with E-state index < -0.39 is 5.54 Å². The molecule has 1 unspecified atom stereocenters. The molecule has 0 aromatic carbocycles. The Bertz CT molecular complexity index is 236. The minimum Gasteiger partial charge on any atom is -0.341 e. The summed E-state index contributed by atoms with van der Waals surface area (Å²) >= 11 is 0. The van der Waals surface area contributed by atoms with Crippen molar-refractivity contribution in [3.05, 3.63) is 0 Å². The van der Waals surface area contributed by atoms with Gasteiger partial charge in [0, 0.05) is 13.1 Å². The number of rotatable bonds is 3. The number of likely N-dealkylation sites (tertiary alicyclic amines) is 1. The van der Waals surface area contributed by atoms with Crippen LogP contribution in [0.5, 0.6) is 0 Å². The number of carbonyl (C=O) groups is 1. The molecule has 0 aromatic heterocycles. The first-order valence-electron chi connectivity index (χ1n) is 6.61. The normalized spacial score (nSPS) is 23.0. The minimum atomic E-state index is -0.631. The van der Waals surface area contributed by atoms with Crippen LogP contribution >= 0.6 is 0 Å². The average molecular weight is 226 g/mol. The van der Waals surface area contributed by atoms with E-state index >= 15 is 0 Å². The van der Waals surface area contributed by atoms with Crippen LogP contribution < -0.4 is 5.73 Å². The van der Waals surface area contributed by atoms with E-state index in [0.29, 0.717) is 0 Å². The zero-order valence-electron chi connectivity index (χ0n) is 11.0. The van der Waals surface area contributed by atoms with Crippen LogP contribution in [0.2, 0.25) is 0 Å². The molecule has 0 aromatic rings. The predicted molar refractivity (Wildman–Crippen MR) is 67.1 cm³/mol. The van der Waals surface area contributed by atoms with Gasteiger partial charge < -0.3 is 10.6 Å². The van der Waals surface area contributed by atoms with E-state index in [-0.39, 0.29) is 5.91 Å². The number of carbonyl (C=O) groups excluding carboxylic acids is 1. The van der Waals surface area contributed by atoms with E-state index in [9.17, 15) is 4.79 Å². The van der Waals surface area contributed by atoms with Crippen molar-refractivity contribution in [2.75, 3.05) is 13.1 Å². The molecule has 1 amide bonds. The van der Waals surface area contributed by atoms with Crippen LogP contribution in [0, 0.1) is 5.92 Å². The summed E-state index contributed by atoms with van der Waals surface area (Å²) in [4.78, 5) is 14.3. The lowest BCUT2D eigenvalue weighted by molar-refractivity contribution is -0.137. The van der Waals surface area contributed by atoms with E-state index in [4.69, 9.17) is 5.73 Å². The first-order chi connectivity index (χ1) is 7.53. The van der Waals surface area contributed by atoms with Crippen LogP contribution in [0.1, 0.15) is 52.9 Å². The molecule has 0 aliphatic carbocycles. The molecule has 3 heteroatoms. The molecule has 94 valence electrons. The van der Waals surface area contributed by atoms with Crippen molar-refractivity contribution in [3.8, 4) is 0 Å². The lowest BCUT2D eigenvalue weighted by Crippen LogP contribution is -2.54. The van der Waals surface area contributed by atoms with Crippen molar-refractivity contribution in [2.45, 2.75) is 58.4 Å². The first kappa shape index (κ1) is 13.5. The fraction of sp³-hybridized carbons (Fsp3) is 0.923. The summed E-state index contributed by atoms with van der Waals surface area (Å²) in [5.74, 6) is 0.903. The number of hydrogen-bond donors (Lipinski definition) is 1. The molecule has 1 aliphatic rings. The average Bonchev–Trinajstić information content (AvgIpc) is 2.52. The standard InChI is InChI=1S/C13H26N2O/c1-4-13(14,5-2)12(16)15-9-6-7-11(3)8-10-15/h11H,4-10,14H2,1-3H3. The molecule has 1 saturated heterocycles. The maximum absolute atomic E-state index is 12.3. The van der Waals surface area contributed by atoms with Gasteiger partial charge in [-0.3, -0.25) is 4.79 Å². The van der Waals surface area contributed by atoms with Crippen LogP contribution in [-0.4, -0.2) is 29.4 Å². The molecule has 0 bridgehead atoms. The highest BCUT2D eigenvalue weighted by atomic mass is 16.2. The highest BCUT2D eigenvalue weighted by Crippen LogP contribution is 2.21. The smallest absolute Gasteiger partial charge is 0.242 e. The molecule has 2 N–H and O–H groups in total. The number of nitrogens with zero attached hydrogens (tertiary/aromatic N) is 1. The Morgan fingerprint density at radius 2 is 1.94 bits per heavy atom. The van der Waals surface area contributed by atoms with Crippen LogP contribution in [-0.2, 0) is 4.79 Å². The van der Waals surface area contributed by atoms with E-state index in [1.54, 1.807) is 0 Å². The summed E-state index contributed by atoms with van der Waals surface area (Å²) in [5.41, 5.74) is 5.53. The van der Waals surface area contributed by atoms with Gasteiger partial charge in [0.2, 0.25) is 5.91 Å². The Kier molecular flexibility index (Phi) is 4.78. The molecular formula is C13H26N2O. The van der Waals surface area contributed by atoms with Crippen LogP contribution in [0.25, 0.3) is 0 Å². The van der Waals surface area contributed by atoms with E-state index in [0.717, 1.165) is 44.7 Å². The molecule has 16 heavy (non-hydrogen) atoms. The van der Waals surface area contributed by atoms with Crippen LogP contribution in [0.3, 0.4) is 0 Å². The van der Waals surface area contributed by atoms with Crippen molar-refractivity contribution in [1.29, 1.82) is 0 Å². The Hall–Kier alpha value is -0.570. The van der Waals surface area contributed by atoms with E-state index in [2.05, 4.69) is 6.92 Å². The molecule has 1 rings (SSSR count). The Morgan fingerprint density at radius 3 is 2.50 bits per heavy atom. The van der Waals surface area contributed by atoms with Gasteiger partial charge in [0.25, 0.3) is 0 Å². The Balaban J connectivity index is 2.65. The second kappa shape index (κ2) is 5.67. The third-order valence-electron chi connectivity index (χ3n) is 3.99. The molecule has 3 nitrogen and oxygen atoms in total. The first-order valence-corrected chi connectivity index (χ1v) is 6.61. The molecule has 1 aliphatic heterocycles. The number of hydrogen-bond acceptors (Lipinski definition) is 2. The Labute approximate surface area is 99.4 Å². The van der Waals surface area contributed by atoms with Gasteiger partial charge in [0.15, 0.2) is 0 Å². The van der Waals surface area contributed by atoms with Gasteiger partial charge in [-0.05, 0) is 38.0 Å². The molecular weight excluding hydrogens is 200 g/mol. The number of amides is 1. The number of nitrogens with two attached hydrogens (primary N) is 1. The highest BCUT2D eigenvalue weighted by molar-refractivity contribution is 5.86. The van der Waals surface area contributed by atoms with Gasteiger partial charge in [-0.25, -0.2) is 0 Å². The lowest BCUT2D eigenvalue weighted by Gasteiger charge is -2.32. The lowest BCUT2D eigenvalue weighted by atomic mass is 9.92. The van der Waals surface area contributed by atoms with Crippen molar-refractivity contribution in [3.63, 3.8) is 0 Å². The summed E-state index contributed by atoms with van der Waals surface area (Å²) in [6.45, 7) is 8.05. The van der Waals surface area contributed by atoms with Gasteiger partial charge in [-0.1, -0.05) is 20.8 Å². The van der Waals surface area contributed by atoms with Gasteiger partial charge in [-0.15, -0.1) is 0 Å². The topological polar surface area (TPSA) is 46.3 Å². The largest absolute Gasteiger partial charge is 0.341 e. The second-order valence-electron chi connectivity index (χ2n) is 5.19. The summed E-state index contributed by atoms with van der Waals surface area (Å²) < 4.78 is 0. The van der Waals surface area contributed by atoms with Gasteiger partial charge >= 0.3 is 0 Å². The maximum atomic E-state index is 12.3. The van der Waals surface area contributed by atoms with Crippen LogP contribution in [0.15, 0.2) is 0 Å². The summed E-state index contributed by atoms with van der Waals surface area (Å²) in [5, 5.41) is 0. The van der Waals surface area contributed by atoms with Crippen molar-refractivity contribution in [2.24, 2.45) is 11.7 Å². The zero-order chi connectivity index (χ0) is 12.2. The fourth-order valence-corrected chi connectivity index (χ4v) is 2.33. The molecule has 0 saturated carbocycles. The van der Waals surface area contributed by atoms with Crippen molar-refractivity contribution < 1.29 is 4.79 Å². The second-order valence-corrected chi connectivity index (χ2v) is 5.19. The SMILES string of the molecule is CCC(N)(CC)C(=O)N1CCCC(C)CC1. The van der Waals surface area contributed by atoms with Gasteiger partial charge in [0.1, 0.15) is 0 Å². The predicted octanol–water partition coefficient (Wildman–Crippen LogP) is 2.15. The Morgan fingerprint density at radius 1 is 1.31 bits per heavy atom. The summed E-state index contributed by atoms with van der Waals surface area (Å²) in [6.07, 6.45) is 4.94. The monoisotopic (exact) mass is 226 g/mol. The summed E-state index contributed by atoms with van der Waals surface area (Å²) in [7, 11) is 0. The van der Waals surface area contributed by atoms with Gasteiger partial charge in [0.05, 0.1) is 5.54 Å². The fourth-order valence-electron chi connectivity index (χ4n) is 2.33. The zero-order valence-corrected chi connectivity index (χ0v) is 11.0. The quantitative estimate of drug-likeness (QED) is 0.801. The van der Waals surface area contributed by atoms with E-state index in [1.165, 1.54) is 6.42 Å². The van der Waals surface area contributed by atoms with Crippen molar-refractivity contribution >= 4 is 5.91 Å². The molecule has 1 atom stereocenters. The van der Waals surface area contributed by atoms with Gasteiger partial charge in [-0.2, -0.15) is 0 Å². The minimum absolute atomic E-state index is 0.159.